The quantitative estimate of drug-likeness (QED) is 0.546. The van der Waals surface area contributed by atoms with Crippen molar-refractivity contribution >= 4 is 0 Å². The Morgan fingerprint density at radius 3 is 2.52 bits per heavy atom. The number of hydrogen-bond donors (Lipinski definition) is 1. The van der Waals surface area contributed by atoms with E-state index in [0.717, 1.165) is 24.7 Å². The Morgan fingerprint density at radius 2 is 1.81 bits per heavy atom. The Bertz CT molecular complexity index is 720. The van der Waals surface area contributed by atoms with Gasteiger partial charge in [0.15, 0.2) is 0 Å². The second-order valence-electron chi connectivity index (χ2n) is 11.1. The van der Waals surface area contributed by atoms with Crippen LogP contribution in [0, 0.1) is 34.5 Å². The van der Waals surface area contributed by atoms with Crippen LogP contribution in [0.5, 0.6) is 0 Å². The Balaban J connectivity index is 1.57. The third-order valence-electron chi connectivity index (χ3n) is 10.2. The summed E-state index contributed by atoms with van der Waals surface area (Å²) in [5, 5.41) is 11.4. The van der Waals surface area contributed by atoms with Crippen molar-refractivity contribution in [3.8, 4) is 0 Å². The van der Waals surface area contributed by atoms with Crippen molar-refractivity contribution in [2.24, 2.45) is 34.5 Å². The Kier molecular flexibility index (Phi) is 3.95. The molecule has 0 aromatic heterocycles. The summed E-state index contributed by atoms with van der Waals surface area (Å²) in [4.78, 5) is 0. The third-order valence-corrected chi connectivity index (χ3v) is 10.2. The summed E-state index contributed by atoms with van der Waals surface area (Å²) in [6.45, 7) is 11.6. The van der Waals surface area contributed by atoms with Gasteiger partial charge < -0.3 is 5.11 Å². The molecule has 0 radical (unpaired) electrons. The molecule has 0 aromatic rings. The van der Waals surface area contributed by atoms with Gasteiger partial charge in [0.05, 0.1) is 5.60 Å². The lowest BCUT2D eigenvalue weighted by Crippen LogP contribution is -2.55. The van der Waals surface area contributed by atoms with Gasteiger partial charge in [-0.2, -0.15) is 0 Å². The average molecular weight is 367 g/mol. The zero-order valence-electron chi connectivity index (χ0n) is 17.7. The largest absolute Gasteiger partial charge is 0.390 e. The van der Waals surface area contributed by atoms with Crippen molar-refractivity contribution < 1.29 is 5.11 Å². The first-order valence-corrected chi connectivity index (χ1v) is 11.6. The van der Waals surface area contributed by atoms with Crippen molar-refractivity contribution in [3.63, 3.8) is 0 Å². The Morgan fingerprint density at radius 1 is 1.11 bits per heavy atom. The molecule has 1 N–H and O–H groups in total. The topological polar surface area (TPSA) is 20.2 Å². The van der Waals surface area contributed by atoms with Crippen LogP contribution in [0.25, 0.3) is 0 Å². The van der Waals surface area contributed by atoms with Gasteiger partial charge in [-0.15, -0.1) is 0 Å². The average Bonchev–Trinajstić information content (AvgIpc) is 3.23. The molecule has 1 nitrogen and oxygen atoms in total. The van der Waals surface area contributed by atoms with Crippen molar-refractivity contribution in [2.45, 2.75) is 90.6 Å². The summed E-state index contributed by atoms with van der Waals surface area (Å²) in [7, 11) is 0. The van der Waals surface area contributed by atoms with Crippen LogP contribution in [0.4, 0.5) is 0 Å². The molecule has 4 fully saturated rings. The maximum Gasteiger partial charge on any atom is 0.0676 e. The van der Waals surface area contributed by atoms with E-state index in [9.17, 15) is 5.11 Å². The first-order valence-electron chi connectivity index (χ1n) is 11.6. The highest BCUT2D eigenvalue weighted by atomic mass is 16.3. The summed E-state index contributed by atoms with van der Waals surface area (Å²) >= 11 is 0. The van der Waals surface area contributed by atoms with E-state index < -0.39 is 0 Å². The Labute approximate surface area is 166 Å². The summed E-state index contributed by atoms with van der Waals surface area (Å²) < 4.78 is 0. The molecule has 0 amide bonds. The standard InChI is InChI=1S/C26H38O/c1-17(2)19-13-20-7-8-21-15-22(26(27)10-5-6-11-26)16-25(21)12-9-18(3)23(14-19)24(20,25)4/h9,12,19-22,27H,1,5-8,10-11,13-16H2,2-4H3/t19-,20-,21+,22+,24-,25-/m1/s1. The summed E-state index contributed by atoms with van der Waals surface area (Å²) in [6.07, 6.45) is 17.4. The lowest BCUT2D eigenvalue weighted by Gasteiger charge is -2.63. The molecule has 1 spiro atoms. The van der Waals surface area contributed by atoms with Gasteiger partial charge in [0.1, 0.15) is 0 Å². The van der Waals surface area contributed by atoms with Crippen LogP contribution in [0.3, 0.4) is 0 Å². The van der Waals surface area contributed by atoms with E-state index in [1.165, 1.54) is 62.5 Å². The lowest BCUT2D eigenvalue weighted by molar-refractivity contribution is -0.0521. The van der Waals surface area contributed by atoms with E-state index in [4.69, 9.17) is 0 Å². The van der Waals surface area contributed by atoms with Gasteiger partial charge in [-0.05, 0) is 88.9 Å². The number of hydrogen-bond acceptors (Lipinski definition) is 1. The highest BCUT2D eigenvalue weighted by molar-refractivity contribution is 5.43. The number of allylic oxidation sites excluding steroid dienone is 5. The van der Waals surface area contributed by atoms with Crippen molar-refractivity contribution in [3.05, 3.63) is 35.5 Å². The van der Waals surface area contributed by atoms with Gasteiger partial charge in [-0.25, -0.2) is 0 Å². The van der Waals surface area contributed by atoms with Crippen LogP contribution in [-0.2, 0) is 0 Å². The smallest absolute Gasteiger partial charge is 0.0676 e. The van der Waals surface area contributed by atoms with Gasteiger partial charge >= 0.3 is 0 Å². The molecule has 5 rings (SSSR count). The van der Waals surface area contributed by atoms with Crippen LogP contribution < -0.4 is 0 Å². The molecule has 0 aliphatic heterocycles. The van der Waals surface area contributed by atoms with Gasteiger partial charge in [0.25, 0.3) is 0 Å². The van der Waals surface area contributed by atoms with Crippen molar-refractivity contribution in [2.75, 3.05) is 0 Å². The molecule has 0 saturated heterocycles. The molecule has 148 valence electrons. The first kappa shape index (κ1) is 18.2. The van der Waals surface area contributed by atoms with Gasteiger partial charge in [-0.3, -0.25) is 0 Å². The second kappa shape index (κ2) is 5.85. The molecule has 5 aliphatic carbocycles. The summed E-state index contributed by atoms with van der Waals surface area (Å²) in [5.74, 6) is 2.75. The van der Waals surface area contributed by atoms with Crippen LogP contribution in [0.1, 0.15) is 85.0 Å². The molecule has 5 aliphatic rings. The molecular formula is C26H38O. The van der Waals surface area contributed by atoms with E-state index in [2.05, 4.69) is 39.5 Å². The maximum absolute atomic E-state index is 11.4. The minimum Gasteiger partial charge on any atom is -0.390 e. The number of rotatable bonds is 2. The van der Waals surface area contributed by atoms with E-state index in [1.54, 1.807) is 5.57 Å². The highest BCUT2D eigenvalue weighted by Crippen LogP contribution is 2.73. The molecule has 27 heavy (non-hydrogen) atoms. The van der Waals surface area contributed by atoms with Crippen molar-refractivity contribution in [1.82, 2.24) is 0 Å². The van der Waals surface area contributed by atoms with Crippen LogP contribution in [0.2, 0.25) is 0 Å². The predicted octanol–water partition coefficient (Wildman–Crippen LogP) is 6.59. The lowest BCUT2D eigenvalue weighted by atomic mass is 9.41. The fourth-order valence-corrected chi connectivity index (χ4v) is 8.56. The van der Waals surface area contributed by atoms with Gasteiger partial charge in [-0.1, -0.05) is 55.2 Å². The SMILES string of the molecule is C=C(C)[C@H]1CC2=C(C)C=C[C@@]34C[C@@H](C5(O)CCCC5)C[C@@H]3CC[C@H](C1)[C@]24C. The molecule has 1 heteroatoms. The molecule has 0 aromatic carbocycles. The normalized spacial score (nSPS) is 47.7. The van der Waals surface area contributed by atoms with Gasteiger partial charge in [0, 0.05) is 10.8 Å². The molecule has 0 bridgehead atoms. The van der Waals surface area contributed by atoms with Crippen LogP contribution in [0.15, 0.2) is 35.5 Å². The third kappa shape index (κ3) is 2.27. The van der Waals surface area contributed by atoms with Crippen LogP contribution in [-0.4, -0.2) is 10.7 Å². The molecule has 4 saturated carbocycles. The maximum atomic E-state index is 11.4. The zero-order valence-corrected chi connectivity index (χ0v) is 17.7. The van der Waals surface area contributed by atoms with E-state index in [1.807, 2.05) is 0 Å². The first-order chi connectivity index (χ1) is 12.8. The monoisotopic (exact) mass is 366 g/mol. The minimum atomic E-state index is -0.364. The van der Waals surface area contributed by atoms with E-state index in [0.29, 0.717) is 22.7 Å². The highest BCUT2D eigenvalue weighted by Gasteiger charge is 2.66. The summed E-state index contributed by atoms with van der Waals surface area (Å²) in [5.41, 5.74) is 4.91. The summed E-state index contributed by atoms with van der Waals surface area (Å²) in [6, 6.07) is 0. The zero-order chi connectivity index (χ0) is 19.0. The van der Waals surface area contributed by atoms with Crippen molar-refractivity contribution in [1.29, 1.82) is 0 Å². The Hall–Kier alpha value is -0.820. The minimum absolute atomic E-state index is 0.299. The fraction of sp³-hybridized carbons (Fsp3) is 0.769. The predicted molar refractivity (Wildman–Crippen MR) is 112 cm³/mol. The molecular weight excluding hydrogens is 328 g/mol. The molecule has 0 unspecified atom stereocenters. The van der Waals surface area contributed by atoms with E-state index >= 15 is 0 Å². The van der Waals surface area contributed by atoms with Gasteiger partial charge in [0.2, 0.25) is 0 Å². The second-order valence-corrected chi connectivity index (χ2v) is 11.1. The fourth-order valence-electron chi connectivity index (χ4n) is 8.56. The molecule has 6 atom stereocenters. The molecule has 0 heterocycles. The number of aliphatic hydroxyl groups is 1. The van der Waals surface area contributed by atoms with E-state index in [-0.39, 0.29) is 5.60 Å². The van der Waals surface area contributed by atoms with Crippen LogP contribution >= 0.6 is 0 Å².